The van der Waals surface area contributed by atoms with Crippen LogP contribution >= 0.6 is 0 Å². The highest BCUT2D eigenvalue weighted by molar-refractivity contribution is 5.94. The fourth-order valence-electron chi connectivity index (χ4n) is 3.42. The monoisotopic (exact) mass is 342 g/mol. The molecule has 25 heavy (non-hydrogen) atoms. The number of rotatable bonds is 4. The van der Waals surface area contributed by atoms with E-state index in [2.05, 4.69) is 25.4 Å². The van der Waals surface area contributed by atoms with Crippen molar-refractivity contribution < 1.29 is 9.21 Å². The molecule has 4 rings (SSSR count). The molecule has 2 aliphatic heterocycles. The fourth-order valence-corrected chi connectivity index (χ4v) is 3.42. The van der Waals surface area contributed by atoms with Crippen molar-refractivity contribution in [2.75, 3.05) is 36.4 Å². The quantitative estimate of drug-likeness (QED) is 0.905. The lowest BCUT2D eigenvalue weighted by molar-refractivity contribution is 0.0791. The average Bonchev–Trinajstić information content (AvgIpc) is 3.37. The minimum atomic E-state index is 0.0199. The fraction of sp³-hybridized carbons (Fsp3) is 0.529. The summed E-state index contributed by atoms with van der Waals surface area (Å²) in [5.41, 5.74) is 0.636. The molecule has 0 bridgehead atoms. The van der Waals surface area contributed by atoms with Gasteiger partial charge in [-0.25, -0.2) is 4.98 Å². The molecule has 0 aromatic carbocycles. The summed E-state index contributed by atoms with van der Waals surface area (Å²) in [6, 6.07) is 4.37. The molecule has 1 atom stereocenters. The Morgan fingerprint density at radius 3 is 2.76 bits per heavy atom. The maximum atomic E-state index is 12.7. The number of carbonyl (C=O) groups is 1. The number of hydrogen-bond donors (Lipinski definition) is 1. The van der Waals surface area contributed by atoms with Crippen molar-refractivity contribution in [3.05, 3.63) is 29.8 Å². The van der Waals surface area contributed by atoms with Crippen LogP contribution in [0, 0.1) is 6.92 Å². The van der Waals surface area contributed by atoms with Crippen LogP contribution in [0.3, 0.4) is 0 Å². The Hall–Kier alpha value is -2.64. The highest BCUT2D eigenvalue weighted by Crippen LogP contribution is 2.20. The number of aryl methyl sites for hydroxylation is 1. The van der Waals surface area contributed by atoms with Crippen molar-refractivity contribution >= 4 is 17.7 Å². The molecule has 2 aromatic rings. The van der Waals surface area contributed by atoms with Crippen molar-refractivity contribution in [2.45, 2.75) is 32.2 Å². The van der Waals surface area contributed by atoms with Crippen LogP contribution in [0.25, 0.3) is 0 Å². The van der Waals surface area contributed by atoms with Crippen molar-refractivity contribution in [1.82, 2.24) is 20.1 Å². The van der Waals surface area contributed by atoms with Crippen LogP contribution in [0.1, 0.15) is 35.5 Å². The van der Waals surface area contributed by atoms with Crippen molar-refractivity contribution in [3.8, 4) is 0 Å². The van der Waals surface area contributed by atoms with Gasteiger partial charge in [0.15, 0.2) is 0 Å². The third kappa shape index (κ3) is 3.42. The number of carbonyl (C=O) groups excluding carboxylic acids is 1. The Morgan fingerprint density at radius 1 is 1.24 bits per heavy atom. The Balaban J connectivity index is 1.36. The summed E-state index contributed by atoms with van der Waals surface area (Å²) in [7, 11) is 0. The van der Waals surface area contributed by atoms with Gasteiger partial charge in [-0.2, -0.15) is 0 Å². The molecule has 0 radical (unpaired) electrons. The Labute approximate surface area is 146 Å². The first-order chi connectivity index (χ1) is 12.2. The molecule has 4 heterocycles. The van der Waals surface area contributed by atoms with Gasteiger partial charge in [0.05, 0.1) is 5.56 Å². The topological polar surface area (TPSA) is 87.4 Å². The molecule has 2 saturated heterocycles. The summed E-state index contributed by atoms with van der Waals surface area (Å²) in [6.07, 6.45) is 4.97. The van der Waals surface area contributed by atoms with Crippen LogP contribution in [0.5, 0.6) is 0 Å². The van der Waals surface area contributed by atoms with Gasteiger partial charge in [-0.15, -0.1) is 5.10 Å². The molecular weight excluding hydrogens is 320 g/mol. The number of nitrogens with zero attached hydrogens (tertiary/aromatic N) is 5. The summed E-state index contributed by atoms with van der Waals surface area (Å²) in [5, 5.41) is 10.9. The first-order valence-corrected chi connectivity index (χ1v) is 8.76. The molecule has 132 valence electrons. The van der Waals surface area contributed by atoms with Gasteiger partial charge in [0, 0.05) is 45.3 Å². The molecule has 1 N–H and O–H groups in total. The summed E-state index contributed by atoms with van der Waals surface area (Å²) in [5.74, 6) is 1.51. The van der Waals surface area contributed by atoms with Crippen LogP contribution in [0.15, 0.2) is 22.7 Å². The van der Waals surface area contributed by atoms with Gasteiger partial charge in [-0.05, 0) is 31.4 Å². The van der Waals surface area contributed by atoms with E-state index in [0.29, 0.717) is 30.6 Å². The first-order valence-electron chi connectivity index (χ1n) is 8.76. The highest BCUT2D eigenvalue weighted by Gasteiger charge is 2.28. The largest absolute Gasteiger partial charge is 0.408 e. The minimum absolute atomic E-state index is 0.0199. The van der Waals surface area contributed by atoms with E-state index in [1.54, 1.807) is 13.1 Å². The Morgan fingerprint density at radius 2 is 2.08 bits per heavy atom. The molecular formula is C17H22N6O2. The Kier molecular flexibility index (Phi) is 4.25. The lowest BCUT2D eigenvalue weighted by Crippen LogP contribution is -2.31. The molecule has 0 saturated carbocycles. The van der Waals surface area contributed by atoms with Crippen molar-refractivity contribution in [2.24, 2.45) is 0 Å². The molecule has 2 fully saturated rings. The Bertz CT molecular complexity index is 738. The van der Waals surface area contributed by atoms with Gasteiger partial charge in [-0.3, -0.25) is 4.79 Å². The maximum absolute atomic E-state index is 12.7. The second-order valence-electron chi connectivity index (χ2n) is 6.61. The van der Waals surface area contributed by atoms with Gasteiger partial charge < -0.3 is 19.5 Å². The van der Waals surface area contributed by atoms with Crippen molar-refractivity contribution in [3.63, 3.8) is 0 Å². The number of amides is 1. The zero-order valence-electron chi connectivity index (χ0n) is 14.3. The third-order valence-corrected chi connectivity index (χ3v) is 4.75. The molecule has 1 amide bonds. The highest BCUT2D eigenvalue weighted by atomic mass is 16.4. The lowest BCUT2D eigenvalue weighted by Gasteiger charge is -2.18. The van der Waals surface area contributed by atoms with E-state index in [4.69, 9.17) is 4.42 Å². The molecule has 0 spiro atoms. The van der Waals surface area contributed by atoms with Gasteiger partial charge in [0.25, 0.3) is 5.91 Å². The standard InChI is InChI=1S/C17H22N6O2/c1-12-20-21-17(25-12)19-14-6-9-23(11-14)16(24)13-4-5-15(18-10-13)22-7-2-3-8-22/h4-5,10,14H,2-3,6-9,11H2,1H3,(H,19,21)/t14-/m1/s1. The lowest BCUT2D eigenvalue weighted by atomic mass is 10.2. The van der Waals surface area contributed by atoms with E-state index >= 15 is 0 Å². The second-order valence-corrected chi connectivity index (χ2v) is 6.61. The maximum Gasteiger partial charge on any atom is 0.315 e. The number of pyridine rings is 1. The molecule has 8 nitrogen and oxygen atoms in total. The average molecular weight is 342 g/mol. The van der Waals surface area contributed by atoms with E-state index in [0.717, 1.165) is 25.3 Å². The number of anilines is 2. The van der Waals surface area contributed by atoms with E-state index < -0.39 is 0 Å². The van der Waals surface area contributed by atoms with Gasteiger partial charge in [0.2, 0.25) is 5.89 Å². The van der Waals surface area contributed by atoms with Crippen LogP contribution < -0.4 is 10.2 Å². The van der Waals surface area contributed by atoms with E-state index in [1.165, 1.54) is 12.8 Å². The van der Waals surface area contributed by atoms with Crippen LogP contribution in [0.2, 0.25) is 0 Å². The molecule has 0 aliphatic carbocycles. The summed E-state index contributed by atoms with van der Waals surface area (Å²) in [4.78, 5) is 21.2. The zero-order valence-corrected chi connectivity index (χ0v) is 14.3. The summed E-state index contributed by atoms with van der Waals surface area (Å²) >= 11 is 0. The number of nitrogens with one attached hydrogen (secondary N) is 1. The SMILES string of the molecule is Cc1nnc(N[C@@H]2CCN(C(=O)c3ccc(N4CCCC4)nc3)C2)o1. The summed E-state index contributed by atoms with van der Waals surface area (Å²) in [6.45, 7) is 5.18. The first kappa shape index (κ1) is 15.9. The molecule has 8 heteroatoms. The number of likely N-dealkylation sites (tertiary alicyclic amines) is 1. The molecule has 2 aliphatic rings. The molecule has 0 unspecified atom stereocenters. The van der Waals surface area contributed by atoms with Gasteiger partial charge in [-0.1, -0.05) is 5.10 Å². The van der Waals surface area contributed by atoms with Crippen LogP contribution in [0.4, 0.5) is 11.8 Å². The van der Waals surface area contributed by atoms with Gasteiger partial charge >= 0.3 is 6.01 Å². The van der Waals surface area contributed by atoms with E-state index in [-0.39, 0.29) is 11.9 Å². The third-order valence-electron chi connectivity index (χ3n) is 4.75. The minimum Gasteiger partial charge on any atom is -0.408 e. The predicted molar refractivity (Wildman–Crippen MR) is 92.7 cm³/mol. The smallest absolute Gasteiger partial charge is 0.315 e. The van der Waals surface area contributed by atoms with Crippen LogP contribution in [-0.4, -0.2) is 58.2 Å². The number of hydrogen-bond acceptors (Lipinski definition) is 7. The summed E-state index contributed by atoms with van der Waals surface area (Å²) < 4.78 is 5.34. The van der Waals surface area contributed by atoms with E-state index in [9.17, 15) is 4.79 Å². The predicted octanol–water partition coefficient (Wildman–Crippen LogP) is 1.70. The normalized spacial score (nSPS) is 20.3. The van der Waals surface area contributed by atoms with Crippen LogP contribution in [-0.2, 0) is 0 Å². The zero-order chi connectivity index (χ0) is 17.2. The van der Waals surface area contributed by atoms with Gasteiger partial charge in [0.1, 0.15) is 5.82 Å². The second kappa shape index (κ2) is 6.70. The number of aromatic nitrogens is 3. The van der Waals surface area contributed by atoms with Crippen molar-refractivity contribution in [1.29, 1.82) is 0 Å². The van der Waals surface area contributed by atoms with E-state index in [1.807, 2.05) is 17.0 Å². The molecule has 2 aromatic heterocycles.